The molecule has 0 saturated heterocycles. The molecule has 1 heterocycles. The van der Waals surface area contributed by atoms with Gasteiger partial charge in [-0.2, -0.15) is 10.1 Å². The number of para-hydroxylation sites is 1. The maximum absolute atomic E-state index is 11.8. The van der Waals surface area contributed by atoms with Crippen molar-refractivity contribution < 1.29 is 19.0 Å². The van der Waals surface area contributed by atoms with Crippen LogP contribution >= 0.6 is 0 Å². The second-order valence-electron chi connectivity index (χ2n) is 5.54. The van der Waals surface area contributed by atoms with E-state index in [9.17, 15) is 4.79 Å². The first-order chi connectivity index (χ1) is 13.7. The Morgan fingerprint density at radius 3 is 2.50 bits per heavy atom. The Labute approximate surface area is 161 Å². The molecule has 0 aliphatic carbocycles. The largest absolute Gasteiger partial charge is 0.490 e. The van der Waals surface area contributed by atoms with Gasteiger partial charge in [-0.15, -0.1) is 10.2 Å². The molecule has 0 radical (unpaired) electrons. The summed E-state index contributed by atoms with van der Waals surface area (Å²) in [6.45, 7) is 0.267. The molecule has 0 spiro atoms. The minimum absolute atomic E-state index is 0.0809. The number of hydrogen-bond acceptors (Lipinski definition) is 8. The minimum Gasteiger partial charge on any atom is -0.490 e. The van der Waals surface area contributed by atoms with E-state index in [2.05, 4.69) is 15.4 Å². The lowest BCUT2D eigenvalue weighted by molar-refractivity contribution is -0.145. The van der Waals surface area contributed by atoms with E-state index in [0.29, 0.717) is 22.9 Å². The van der Waals surface area contributed by atoms with Crippen LogP contribution in [0.15, 0.2) is 54.6 Å². The summed E-state index contributed by atoms with van der Waals surface area (Å²) < 4.78 is 16.0. The topological polar surface area (TPSA) is 112 Å². The number of nitriles is 1. The van der Waals surface area contributed by atoms with E-state index >= 15 is 0 Å². The van der Waals surface area contributed by atoms with E-state index < -0.39 is 5.97 Å². The van der Waals surface area contributed by atoms with Crippen molar-refractivity contribution in [3.8, 4) is 17.6 Å². The summed E-state index contributed by atoms with van der Waals surface area (Å²) in [5.74, 6) is 1.15. The molecule has 0 saturated carbocycles. The Morgan fingerprint density at radius 2 is 1.75 bits per heavy atom. The Hall–Kier alpha value is -3.93. The minimum atomic E-state index is -0.503. The maximum Gasteiger partial charge on any atom is 0.329 e. The van der Waals surface area contributed by atoms with Gasteiger partial charge in [-0.05, 0) is 41.6 Å². The van der Waals surface area contributed by atoms with Gasteiger partial charge in [-0.3, -0.25) is 0 Å². The number of benzene rings is 2. The van der Waals surface area contributed by atoms with Crippen molar-refractivity contribution in [3.63, 3.8) is 0 Å². The quantitative estimate of drug-likeness (QED) is 0.408. The average molecular weight is 379 g/mol. The predicted molar refractivity (Wildman–Crippen MR) is 96.2 cm³/mol. The molecular weight excluding hydrogens is 362 g/mol. The highest BCUT2D eigenvalue weighted by molar-refractivity contribution is 5.68. The molecule has 142 valence electrons. The van der Waals surface area contributed by atoms with E-state index in [4.69, 9.17) is 19.5 Å². The van der Waals surface area contributed by atoms with Gasteiger partial charge < -0.3 is 14.2 Å². The van der Waals surface area contributed by atoms with Gasteiger partial charge in [-0.25, -0.2) is 4.79 Å². The molecule has 0 atom stereocenters. The molecule has 0 unspecified atom stereocenters. The summed E-state index contributed by atoms with van der Waals surface area (Å²) >= 11 is 0. The first-order valence-corrected chi connectivity index (χ1v) is 8.46. The van der Waals surface area contributed by atoms with E-state index in [0.717, 1.165) is 4.80 Å². The molecule has 0 amide bonds. The Balaban J connectivity index is 1.35. The summed E-state index contributed by atoms with van der Waals surface area (Å²) in [6.07, 6.45) is 0. The highest BCUT2D eigenvalue weighted by Gasteiger charge is 2.09. The molecule has 0 aliphatic rings. The number of rotatable bonds is 9. The van der Waals surface area contributed by atoms with Crippen LogP contribution in [-0.4, -0.2) is 39.4 Å². The molecule has 0 bridgehead atoms. The number of carbonyl (C=O) groups is 1. The smallest absolute Gasteiger partial charge is 0.329 e. The van der Waals surface area contributed by atoms with Crippen LogP contribution in [0.2, 0.25) is 0 Å². The predicted octanol–water partition coefficient (Wildman–Crippen LogP) is 1.75. The SMILES string of the molecule is N#Cc1ccc(OCCOC(=O)Cn2nnc(COc3ccccc3)n2)cc1. The third kappa shape index (κ3) is 5.81. The van der Waals surface area contributed by atoms with E-state index in [1.165, 1.54) is 0 Å². The van der Waals surface area contributed by atoms with Crippen LogP contribution < -0.4 is 9.47 Å². The van der Waals surface area contributed by atoms with Gasteiger partial charge in [0.15, 0.2) is 13.2 Å². The number of hydrogen-bond donors (Lipinski definition) is 0. The lowest BCUT2D eigenvalue weighted by atomic mass is 10.2. The summed E-state index contributed by atoms with van der Waals surface area (Å²) in [4.78, 5) is 13.0. The molecular formula is C19H17N5O4. The molecule has 1 aromatic heterocycles. The number of ether oxygens (including phenoxy) is 3. The molecule has 28 heavy (non-hydrogen) atoms. The van der Waals surface area contributed by atoms with Gasteiger partial charge in [0.05, 0.1) is 11.6 Å². The van der Waals surface area contributed by atoms with Crippen LogP contribution in [0.4, 0.5) is 0 Å². The van der Waals surface area contributed by atoms with Crippen LogP contribution in [0.3, 0.4) is 0 Å². The monoisotopic (exact) mass is 379 g/mol. The van der Waals surface area contributed by atoms with Crippen molar-refractivity contribution in [1.29, 1.82) is 5.26 Å². The lowest BCUT2D eigenvalue weighted by Gasteiger charge is -2.07. The van der Waals surface area contributed by atoms with Crippen LogP contribution in [0.25, 0.3) is 0 Å². The van der Waals surface area contributed by atoms with Gasteiger partial charge in [0.1, 0.15) is 24.7 Å². The summed E-state index contributed by atoms with van der Waals surface area (Å²) in [7, 11) is 0. The van der Waals surface area contributed by atoms with Gasteiger partial charge in [0.25, 0.3) is 0 Å². The first-order valence-electron chi connectivity index (χ1n) is 8.46. The van der Waals surface area contributed by atoms with Crippen molar-refractivity contribution >= 4 is 5.97 Å². The molecule has 0 fully saturated rings. The molecule has 9 nitrogen and oxygen atoms in total. The van der Waals surface area contributed by atoms with Crippen molar-refractivity contribution in [2.24, 2.45) is 0 Å². The highest BCUT2D eigenvalue weighted by Crippen LogP contribution is 2.11. The Bertz CT molecular complexity index is 935. The Kier molecular flexibility index (Phi) is 6.52. The first kappa shape index (κ1) is 18.8. The summed E-state index contributed by atoms with van der Waals surface area (Å²) in [5, 5.41) is 20.4. The molecule has 0 aliphatic heterocycles. The number of nitrogens with zero attached hydrogens (tertiary/aromatic N) is 5. The standard InChI is InChI=1S/C19H17N5O4/c20-12-15-6-8-17(9-7-15)26-10-11-27-19(25)13-24-22-18(21-23-24)14-28-16-4-2-1-3-5-16/h1-9H,10-11,13-14H2. The zero-order valence-corrected chi connectivity index (χ0v) is 14.9. The normalized spacial score (nSPS) is 10.1. The molecule has 9 heteroatoms. The second kappa shape index (κ2) is 9.68. The number of tetrazole rings is 1. The van der Waals surface area contributed by atoms with Crippen molar-refractivity contribution in [2.75, 3.05) is 13.2 Å². The van der Waals surface area contributed by atoms with Gasteiger partial charge >= 0.3 is 5.97 Å². The van der Waals surface area contributed by atoms with E-state index in [-0.39, 0.29) is 26.4 Å². The number of aromatic nitrogens is 4. The van der Waals surface area contributed by atoms with Crippen LogP contribution in [-0.2, 0) is 22.7 Å². The van der Waals surface area contributed by atoms with Crippen molar-refractivity contribution in [3.05, 3.63) is 66.0 Å². The van der Waals surface area contributed by atoms with Gasteiger partial charge in [0, 0.05) is 0 Å². The van der Waals surface area contributed by atoms with Crippen molar-refractivity contribution in [2.45, 2.75) is 13.2 Å². The van der Waals surface area contributed by atoms with E-state index in [1.807, 2.05) is 36.4 Å². The van der Waals surface area contributed by atoms with E-state index in [1.54, 1.807) is 24.3 Å². The van der Waals surface area contributed by atoms with Crippen LogP contribution in [0, 0.1) is 11.3 Å². The second-order valence-corrected chi connectivity index (χ2v) is 5.54. The third-order valence-corrected chi connectivity index (χ3v) is 3.47. The zero-order valence-electron chi connectivity index (χ0n) is 14.9. The molecule has 3 aromatic rings. The average Bonchev–Trinajstić information content (AvgIpc) is 3.18. The number of esters is 1. The fraction of sp³-hybridized carbons (Fsp3) is 0.211. The number of carbonyl (C=O) groups excluding carboxylic acids is 1. The lowest BCUT2D eigenvalue weighted by Crippen LogP contribution is -2.19. The summed E-state index contributed by atoms with van der Waals surface area (Å²) in [6, 6.07) is 17.9. The van der Waals surface area contributed by atoms with Crippen LogP contribution in [0.1, 0.15) is 11.4 Å². The van der Waals surface area contributed by atoms with Gasteiger partial charge in [0.2, 0.25) is 5.82 Å². The fourth-order valence-corrected chi connectivity index (χ4v) is 2.17. The zero-order chi connectivity index (χ0) is 19.6. The van der Waals surface area contributed by atoms with Gasteiger partial charge in [-0.1, -0.05) is 18.2 Å². The Morgan fingerprint density at radius 1 is 1.00 bits per heavy atom. The fourth-order valence-electron chi connectivity index (χ4n) is 2.17. The molecule has 2 aromatic carbocycles. The molecule has 0 N–H and O–H groups in total. The van der Waals surface area contributed by atoms with Crippen molar-refractivity contribution in [1.82, 2.24) is 20.2 Å². The van der Waals surface area contributed by atoms with Crippen LogP contribution in [0.5, 0.6) is 11.5 Å². The highest BCUT2D eigenvalue weighted by atomic mass is 16.6. The third-order valence-electron chi connectivity index (χ3n) is 3.47. The summed E-state index contributed by atoms with van der Waals surface area (Å²) in [5.41, 5.74) is 0.549. The molecule has 3 rings (SSSR count). The maximum atomic E-state index is 11.8.